The number of rotatable bonds is 4. The molecule has 22 heavy (non-hydrogen) atoms. The van der Waals surface area contributed by atoms with E-state index in [4.69, 9.17) is 10.8 Å². The van der Waals surface area contributed by atoms with E-state index in [9.17, 15) is 0 Å². The second kappa shape index (κ2) is 5.16. The summed E-state index contributed by atoms with van der Waals surface area (Å²) in [6.07, 6.45) is 6.23. The third-order valence-electron chi connectivity index (χ3n) is 5.48. The van der Waals surface area contributed by atoms with Gasteiger partial charge in [-0.1, -0.05) is 6.07 Å². The molecule has 0 unspecified atom stereocenters. The van der Waals surface area contributed by atoms with Gasteiger partial charge in [0.25, 0.3) is 0 Å². The third kappa shape index (κ3) is 2.24. The number of quaternary nitrogens is 1. The van der Waals surface area contributed by atoms with Crippen molar-refractivity contribution in [1.82, 2.24) is 9.61 Å². The van der Waals surface area contributed by atoms with Crippen molar-refractivity contribution in [2.45, 2.75) is 32.1 Å². The Morgan fingerprint density at radius 2 is 2.05 bits per heavy atom. The number of nitrogens with two attached hydrogens (primary N) is 1. The predicted octanol–water partition coefficient (Wildman–Crippen LogP) is 2.06. The first-order chi connectivity index (χ1) is 10.7. The maximum absolute atomic E-state index is 6.31. The average Bonchev–Trinajstić information content (AvgIpc) is 3.20. The van der Waals surface area contributed by atoms with E-state index in [2.05, 4.69) is 29.0 Å². The minimum absolute atomic E-state index is 0.791. The lowest BCUT2D eigenvalue weighted by molar-refractivity contribution is -0.895. The summed E-state index contributed by atoms with van der Waals surface area (Å²) in [5, 5.41) is 8.22. The van der Waals surface area contributed by atoms with Crippen LogP contribution in [0, 0.1) is 0 Å². The molecule has 0 spiro atoms. The van der Waals surface area contributed by atoms with Gasteiger partial charge in [-0.25, -0.2) is 4.52 Å². The van der Waals surface area contributed by atoms with Crippen LogP contribution in [0.1, 0.15) is 30.5 Å². The Hall–Kier alpha value is -1.75. The molecule has 0 amide bonds. The summed E-state index contributed by atoms with van der Waals surface area (Å²) in [5.41, 5.74) is 10.9. The number of hydrogen-bond acceptors (Lipinski definition) is 3. The molecule has 2 aliphatic rings. The summed E-state index contributed by atoms with van der Waals surface area (Å²) in [5.74, 6) is 0.853. The van der Waals surface area contributed by atoms with Crippen molar-refractivity contribution in [2.24, 2.45) is 0 Å². The maximum atomic E-state index is 6.31. The number of nitrogen functional groups attached to an aromatic ring is 1. The molecule has 0 saturated carbocycles. The lowest BCUT2D eigenvalue weighted by atomic mass is 10.2. The van der Waals surface area contributed by atoms with Gasteiger partial charge in [0.15, 0.2) is 5.82 Å². The van der Waals surface area contributed by atoms with Crippen LogP contribution in [0.5, 0.6) is 0 Å². The Kier molecular flexibility index (Phi) is 3.26. The summed E-state index contributed by atoms with van der Waals surface area (Å²) in [6, 6.07) is 4.34. The quantitative estimate of drug-likeness (QED) is 0.850. The van der Waals surface area contributed by atoms with Crippen molar-refractivity contribution >= 4 is 17.0 Å². The van der Waals surface area contributed by atoms with Gasteiger partial charge in [-0.2, -0.15) is 0 Å². The highest BCUT2D eigenvalue weighted by molar-refractivity contribution is 5.81. The standard InChI is InChI=1S/C17H26N5/c1-22(10-2-3-11-22)12-9-19-17-16(18)15-8-7-13-5-4-6-14(13)21(15)20-17/h7-8H,2-6,9-12,18H2,1H3,(H,19,20)/q+1. The third-order valence-corrected chi connectivity index (χ3v) is 5.48. The number of anilines is 2. The van der Waals surface area contributed by atoms with Gasteiger partial charge in [0, 0.05) is 18.5 Å². The molecule has 3 heterocycles. The van der Waals surface area contributed by atoms with Gasteiger partial charge >= 0.3 is 0 Å². The maximum Gasteiger partial charge on any atom is 0.172 e. The lowest BCUT2D eigenvalue weighted by Crippen LogP contribution is -2.44. The van der Waals surface area contributed by atoms with Gasteiger partial charge in [0.05, 0.1) is 38.7 Å². The van der Waals surface area contributed by atoms with Crippen molar-refractivity contribution in [3.63, 3.8) is 0 Å². The molecular weight excluding hydrogens is 274 g/mol. The zero-order chi connectivity index (χ0) is 15.2. The minimum Gasteiger partial charge on any atom is -0.394 e. The second-order valence-corrected chi connectivity index (χ2v) is 7.14. The minimum atomic E-state index is 0.791. The normalized spacial score (nSPS) is 19.7. The van der Waals surface area contributed by atoms with Gasteiger partial charge in [-0.05, 0) is 30.9 Å². The van der Waals surface area contributed by atoms with E-state index in [1.54, 1.807) is 0 Å². The van der Waals surface area contributed by atoms with Gasteiger partial charge in [0.1, 0.15) is 5.69 Å². The molecule has 0 aromatic carbocycles. The molecule has 1 fully saturated rings. The predicted molar refractivity (Wildman–Crippen MR) is 90.1 cm³/mol. The first kappa shape index (κ1) is 13.9. The molecule has 5 heteroatoms. The highest BCUT2D eigenvalue weighted by atomic mass is 15.4. The monoisotopic (exact) mass is 300 g/mol. The highest BCUT2D eigenvalue weighted by Crippen LogP contribution is 2.29. The fourth-order valence-corrected chi connectivity index (χ4v) is 4.06. The number of likely N-dealkylation sites (N-methyl/N-ethyl adjacent to an activating group) is 1. The molecule has 2 aromatic heterocycles. The van der Waals surface area contributed by atoms with E-state index in [1.807, 2.05) is 0 Å². The number of fused-ring (bicyclic) bond motifs is 3. The van der Waals surface area contributed by atoms with Crippen LogP contribution >= 0.6 is 0 Å². The van der Waals surface area contributed by atoms with E-state index >= 15 is 0 Å². The van der Waals surface area contributed by atoms with Crippen molar-refractivity contribution in [3.05, 3.63) is 23.4 Å². The number of likely N-dealkylation sites (tertiary alicyclic amines) is 1. The summed E-state index contributed by atoms with van der Waals surface area (Å²) in [4.78, 5) is 0. The molecule has 3 N–H and O–H groups in total. The van der Waals surface area contributed by atoms with Crippen LogP contribution in [0.3, 0.4) is 0 Å². The molecule has 2 aromatic rings. The molecule has 1 saturated heterocycles. The van der Waals surface area contributed by atoms with E-state index in [-0.39, 0.29) is 0 Å². The first-order valence-electron chi connectivity index (χ1n) is 8.53. The summed E-state index contributed by atoms with van der Waals surface area (Å²) < 4.78 is 3.24. The number of pyridine rings is 1. The summed E-state index contributed by atoms with van der Waals surface area (Å²) in [6.45, 7) is 4.68. The van der Waals surface area contributed by atoms with E-state index < -0.39 is 0 Å². The van der Waals surface area contributed by atoms with Crippen LogP contribution in [0.4, 0.5) is 11.5 Å². The van der Waals surface area contributed by atoms with Gasteiger partial charge in [0.2, 0.25) is 0 Å². The molecule has 0 bridgehead atoms. The van der Waals surface area contributed by atoms with E-state index in [0.717, 1.165) is 36.5 Å². The van der Waals surface area contributed by atoms with Crippen LogP contribution in [-0.2, 0) is 12.8 Å². The largest absolute Gasteiger partial charge is 0.394 e. The zero-order valence-corrected chi connectivity index (χ0v) is 13.4. The number of aromatic nitrogens is 2. The lowest BCUT2D eigenvalue weighted by Gasteiger charge is -2.29. The zero-order valence-electron chi connectivity index (χ0n) is 13.4. The topological polar surface area (TPSA) is 55.4 Å². The van der Waals surface area contributed by atoms with Gasteiger partial charge < -0.3 is 15.5 Å². The average molecular weight is 300 g/mol. The molecule has 5 nitrogen and oxygen atoms in total. The fraction of sp³-hybridized carbons (Fsp3) is 0.588. The summed E-state index contributed by atoms with van der Waals surface area (Å²) in [7, 11) is 2.36. The Bertz CT molecular complexity index is 697. The Morgan fingerprint density at radius 3 is 2.86 bits per heavy atom. The molecule has 0 atom stereocenters. The number of nitrogens with one attached hydrogen (secondary N) is 1. The van der Waals surface area contributed by atoms with Crippen LogP contribution in [0.15, 0.2) is 12.1 Å². The van der Waals surface area contributed by atoms with Gasteiger partial charge in [-0.15, -0.1) is 5.10 Å². The number of nitrogens with zero attached hydrogens (tertiary/aromatic N) is 3. The highest BCUT2D eigenvalue weighted by Gasteiger charge is 2.26. The van der Waals surface area contributed by atoms with Crippen LogP contribution in [0.25, 0.3) is 5.52 Å². The number of aryl methyl sites for hydroxylation is 2. The van der Waals surface area contributed by atoms with Crippen LogP contribution in [-0.4, -0.2) is 47.3 Å². The Labute approximate surface area is 131 Å². The molecule has 0 radical (unpaired) electrons. The summed E-state index contributed by atoms with van der Waals surface area (Å²) >= 11 is 0. The number of hydrogen-bond donors (Lipinski definition) is 2. The molecule has 1 aliphatic heterocycles. The first-order valence-corrected chi connectivity index (χ1v) is 8.53. The smallest absolute Gasteiger partial charge is 0.172 e. The van der Waals surface area contributed by atoms with E-state index in [0.29, 0.717) is 0 Å². The molecule has 118 valence electrons. The second-order valence-electron chi connectivity index (χ2n) is 7.14. The Balaban J connectivity index is 1.53. The van der Waals surface area contributed by atoms with Crippen molar-refractivity contribution in [1.29, 1.82) is 0 Å². The fourth-order valence-electron chi connectivity index (χ4n) is 4.06. The van der Waals surface area contributed by atoms with Crippen LogP contribution in [0.2, 0.25) is 0 Å². The van der Waals surface area contributed by atoms with Crippen molar-refractivity contribution in [3.8, 4) is 0 Å². The van der Waals surface area contributed by atoms with Crippen molar-refractivity contribution < 1.29 is 4.48 Å². The molecule has 4 rings (SSSR count). The van der Waals surface area contributed by atoms with Gasteiger partial charge in [-0.3, -0.25) is 0 Å². The van der Waals surface area contributed by atoms with Crippen LogP contribution < -0.4 is 11.1 Å². The molecular formula is C17H26N5+. The van der Waals surface area contributed by atoms with E-state index in [1.165, 1.54) is 54.5 Å². The van der Waals surface area contributed by atoms with Crippen molar-refractivity contribution in [2.75, 3.05) is 44.3 Å². The molecule has 1 aliphatic carbocycles. The Morgan fingerprint density at radius 1 is 1.23 bits per heavy atom. The SMILES string of the molecule is C[N+]1(CCNc2nn3c4c(ccc3c2N)CCC4)CCCC1.